The molecule has 0 aromatic heterocycles. The van der Waals surface area contributed by atoms with E-state index < -0.39 is 22.0 Å². The second kappa shape index (κ2) is 7.97. The van der Waals surface area contributed by atoms with E-state index in [0.29, 0.717) is 35.2 Å². The first-order valence-corrected chi connectivity index (χ1v) is 10.6. The van der Waals surface area contributed by atoms with Crippen LogP contribution in [0.25, 0.3) is 0 Å². The summed E-state index contributed by atoms with van der Waals surface area (Å²) >= 11 is 0. The zero-order chi connectivity index (χ0) is 20.3. The Labute approximate surface area is 164 Å². The number of carbonyl (C=O) groups excluding carboxylic acids is 1. The highest BCUT2D eigenvalue weighted by atomic mass is 32.2. The van der Waals surface area contributed by atoms with Gasteiger partial charge in [-0.1, -0.05) is 0 Å². The van der Waals surface area contributed by atoms with Crippen LogP contribution in [-0.4, -0.2) is 40.0 Å². The van der Waals surface area contributed by atoms with Crippen LogP contribution in [0.3, 0.4) is 0 Å². The third kappa shape index (κ3) is 4.30. The molecule has 3 rings (SSSR count). The smallest absolute Gasteiger partial charge is 0.247 e. The SMILES string of the molecule is CCOc1ccc(N([C@H](C)C(=O)Nc2ccc3c(c2)OCO3)S(C)(=O)=O)cc1. The molecule has 1 N–H and O–H groups in total. The van der Waals surface area contributed by atoms with Crippen molar-refractivity contribution < 1.29 is 27.4 Å². The van der Waals surface area contributed by atoms with Gasteiger partial charge in [-0.25, -0.2) is 8.42 Å². The Hall–Kier alpha value is -2.94. The van der Waals surface area contributed by atoms with Gasteiger partial charge >= 0.3 is 0 Å². The average molecular weight is 406 g/mol. The van der Waals surface area contributed by atoms with E-state index in [4.69, 9.17) is 14.2 Å². The molecule has 2 aromatic rings. The molecule has 0 spiro atoms. The van der Waals surface area contributed by atoms with E-state index in [1.807, 2.05) is 6.92 Å². The van der Waals surface area contributed by atoms with Crippen LogP contribution >= 0.6 is 0 Å². The first-order chi connectivity index (χ1) is 13.3. The topological polar surface area (TPSA) is 94.2 Å². The number of amides is 1. The van der Waals surface area contributed by atoms with Gasteiger partial charge in [0.15, 0.2) is 11.5 Å². The summed E-state index contributed by atoms with van der Waals surface area (Å²) in [4.78, 5) is 12.7. The minimum Gasteiger partial charge on any atom is -0.494 e. The fourth-order valence-electron chi connectivity index (χ4n) is 2.89. The first-order valence-electron chi connectivity index (χ1n) is 8.72. The fourth-order valence-corrected chi connectivity index (χ4v) is 4.06. The number of hydrogen-bond donors (Lipinski definition) is 1. The summed E-state index contributed by atoms with van der Waals surface area (Å²) in [5.41, 5.74) is 0.862. The molecule has 1 aliphatic heterocycles. The predicted octanol–water partition coefficient (Wildman–Crippen LogP) is 2.61. The molecule has 1 aliphatic rings. The highest BCUT2D eigenvalue weighted by Gasteiger charge is 2.29. The van der Waals surface area contributed by atoms with Crippen molar-refractivity contribution >= 4 is 27.3 Å². The lowest BCUT2D eigenvalue weighted by atomic mass is 10.2. The van der Waals surface area contributed by atoms with Crippen molar-refractivity contribution in [2.45, 2.75) is 19.9 Å². The van der Waals surface area contributed by atoms with Crippen LogP contribution in [-0.2, 0) is 14.8 Å². The van der Waals surface area contributed by atoms with Gasteiger partial charge in [-0.15, -0.1) is 0 Å². The van der Waals surface area contributed by atoms with E-state index in [9.17, 15) is 13.2 Å². The number of rotatable bonds is 7. The number of nitrogens with zero attached hydrogens (tertiary/aromatic N) is 1. The molecule has 0 unspecified atom stereocenters. The van der Waals surface area contributed by atoms with E-state index in [1.165, 1.54) is 6.92 Å². The summed E-state index contributed by atoms with van der Waals surface area (Å²) in [6, 6.07) is 10.6. The van der Waals surface area contributed by atoms with Crippen molar-refractivity contribution in [2.24, 2.45) is 0 Å². The number of nitrogens with one attached hydrogen (secondary N) is 1. The molecule has 1 heterocycles. The highest BCUT2D eigenvalue weighted by molar-refractivity contribution is 7.92. The van der Waals surface area contributed by atoms with Crippen molar-refractivity contribution in [1.29, 1.82) is 0 Å². The molecule has 2 aromatic carbocycles. The molecule has 0 fully saturated rings. The Morgan fingerprint density at radius 3 is 2.50 bits per heavy atom. The summed E-state index contributed by atoms with van der Waals surface area (Å²) in [6.07, 6.45) is 1.06. The van der Waals surface area contributed by atoms with Crippen LogP contribution in [0.4, 0.5) is 11.4 Å². The second-order valence-corrected chi connectivity index (χ2v) is 8.08. The lowest BCUT2D eigenvalue weighted by Crippen LogP contribution is -2.45. The maximum atomic E-state index is 12.7. The summed E-state index contributed by atoms with van der Waals surface area (Å²) in [7, 11) is -3.70. The molecular weight excluding hydrogens is 384 g/mol. The molecule has 1 amide bonds. The third-order valence-electron chi connectivity index (χ3n) is 4.13. The van der Waals surface area contributed by atoms with E-state index in [1.54, 1.807) is 42.5 Å². The van der Waals surface area contributed by atoms with E-state index in [0.717, 1.165) is 10.6 Å². The zero-order valence-electron chi connectivity index (χ0n) is 15.8. The quantitative estimate of drug-likeness (QED) is 0.760. The Morgan fingerprint density at radius 2 is 1.86 bits per heavy atom. The Balaban J connectivity index is 1.81. The molecule has 1 atom stereocenters. The van der Waals surface area contributed by atoms with Gasteiger partial charge < -0.3 is 19.5 Å². The number of carbonyl (C=O) groups is 1. The molecule has 0 saturated heterocycles. The van der Waals surface area contributed by atoms with Crippen molar-refractivity contribution in [3.05, 3.63) is 42.5 Å². The van der Waals surface area contributed by atoms with Crippen molar-refractivity contribution in [3.63, 3.8) is 0 Å². The van der Waals surface area contributed by atoms with Crippen molar-refractivity contribution in [1.82, 2.24) is 0 Å². The Bertz CT molecular complexity index is 959. The minimum atomic E-state index is -3.70. The third-order valence-corrected chi connectivity index (χ3v) is 5.37. The predicted molar refractivity (Wildman–Crippen MR) is 106 cm³/mol. The number of ether oxygens (including phenoxy) is 3. The van der Waals surface area contributed by atoms with E-state index >= 15 is 0 Å². The van der Waals surface area contributed by atoms with Gasteiger partial charge in [0.2, 0.25) is 22.7 Å². The lowest BCUT2D eigenvalue weighted by molar-refractivity contribution is -0.116. The van der Waals surface area contributed by atoms with Crippen LogP contribution in [0.1, 0.15) is 13.8 Å². The average Bonchev–Trinajstić information content (AvgIpc) is 3.10. The largest absolute Gasteiger partial charge is 0.494 e. The number of sulfonamides is 1. The fraction of sp³-hybridized carbons (Fsp3) is 0.316. The van der Waals surface area contributed by atoms with Crippen LogP contribution in [0.15, 0.2) is 42.5 Å². The van der Waals surface area contributed by atoms with Gasteiger partial charge in [0.05, 0.1) is 18.6 Å². The summed E-state index contributed by atoms with van der Waals surface area (Å²) in [6.45, 7) is 4.02. The van der Waals surface area contributed by atoms with Gasteiger partial charge in [0.25, 0.3) is 0 Å². The molecule has 28 heavy (non-hydrogen) atoms. The number of hydrogen-bond acceptors (Lipinski definition) is 6. The van der Waals surface area contributed by atoms with Crippen LogP contribution in [0.5, 0.6) is 17.2 Å². The monoisotopic (exact) mass is 406 g/mol. The van der Waals surface area contributed by atoms with Crippen molar-refractivity contribution in [2.75, 3.05) is 29.3 Å². The molecule has 0 radical (unpaired) electrons. The van der Waals surface area contributed by atoms with E-state index in [2.05, 4.69) is 5.32 Å². The molecule has 8 nitrogen and oxygen atoms in total. The van der Waals surface area contributed by atoms with Gasteiger partial charge in [-0.3, -0.25) is 9.10 Å². The zero-order valence-corrected chi connectivity index (χ0v) is 16.7. The molecular formula is C19H22N2O6S. The van der Waals surface area contributed by atoms with Crippen LogP contribution in [0.2, 0.25) is 0 Å². The number of anilines is 2. The normalized spacial score (nSPS) is 13.7. The Morgan fingerprint density at radius 1 is 1.18 bits per heavy atom. The maximum absolute atomic E-state index is 12.7. The molecule has 0 aliphatic carbocycles. The van der Waals surface area contributed by atoms with Crippen molar-refractivity contribution in [3.8, 4) is 17.2 Å². The summed E-state index contributed by atoms with van der Waals surface area (Å²) in [5, 5.41) is 2.72. The number of benzene rings is 2. The first kappa shape index (κ1) is 19.8. The minimum absolute atomic E-state index is 0.128. The van der Waals surface area contributed by atoms with Gasteiger partial charge in [-0.2, -0.15) is 0 Å². The Kier molecular flexibility index (Phi) is 5.64. The summed E-state index contributed by atoms with van der Waals surface area (Å²) in [5.74, 6) is 1.27. The maximum Gasteiger partial charge on any atom is 0.247 e. The molecule has 9 heteroatoms. The van der Waals surface area contributed by atoms with E-state index in [-0.39, 0.29) is 6.79 Å². The molecule has 150 valence electrons. The number of fused-ring (bicyclic) bond motifs is 1. The second-order valence-electron chi connectivity index (χ2n) is 6.22. The molecule has 0 bridgehead atoms. The van der Waals surface area contributed by atoms with Gasteiger partial charge in [0, 0.05) is 11.8 Å². The van der Waals surface area contributed by atoms with Crippen LogP contribution < -0.4 is 23.8 Å². The molecule has 0 saturated carbocycles. The highest BCUT2D eigenvalue weighted by Crippen LogP contribution is 2.34. The van der Waals surface area contributed by atoms with Gasteiger partial charge in [0.1, 0.15) is 11.8 Å². The van der Waals surface area contributed by atoms with Gasteiger partial charge in [-0.05, 0) is 50.2 Å². The lowest BCUT2D eigenvalue weighted by Gasteiger charge is -2.28. The summed E-state index contributed by atoms with van der Waals surface area (Å²) < 4.78 is 41.7. The van der Waals surface area contributed by atoms with Crippen LogP contribution in [0, 0.1) is 0 Å². The standard InChI is InChI=1S/C19H22N2O6S/c1-4-25-16-8-6-15(7-9-16)21(28(3,23)24)13(2)19(22)20-14-5-10-17-18(11-14)27-12-26-17/h5-11,13H,4,12H2,1-3H3,(H,20,22)/t13-/m1/s1.